The van der Waals surface area contributed by atoms with Crippen LogP contribution in [0.3, 0.4) is 0 Å². The standard InChI is InChI=1S/C22H25ClN4O4/c1-13-9-16(11-17(23)10-13)19(28)22(30)27-8-7-18(27)21(29)25-12-14-3-5-15(6-4-14)20(24)26-31-2/h3-6,9-11,18-19,28H,7-8,12H2,1-2H3,(H2,24,26)(H,25,29)/t18-,19+/m0/s1. The molecule has 0 aromatic heterocycles. The van der Waals surface area contributed by atoms with Crippen LogP contribution in [0.5, 0.6) is 0 Å². The van der Waals surface area contributed by atoms with Crippen molar-refractivity contribution >= 4 is 29.3 Å². The van der Waals surface area contributed by atoms with Crippen molar-refractivity contribution in [2.45, 2.75) is 32.0 Å². The number of amidine groups is 1. The number of nitrogens with two attached hydrogens (primary N) is 1. The predicted octanol–water partition coefficient (Wildman–Crippen LogP) is 1.87. The molecule has 1 fully saturated rings. The van der Waals surface area contributed by atoms with Crippen molar-refractivity contribution in [3.63, 3.8) is 0 Å². The quantitative estimate of drug-likeness (QED) is 0.342. The Morgan fingerprint density at radius 1 is 1.32 bits per heavy atom. The van der Waals surface area contributed by atoms with Gasteiger partial charge in [0.2, 0.25) is 5.91 Å². The molecule has 1 heterocycles. The Morgan fingerprint density at radius 2 is 2.03 bits per heavy atom. The first kappa shape index (κ1) is 22.6. The number of nitrogens with one attached hydrogen (secondary N) is 1. The van der Waals surface area contributed by atoms with E-state index in [1.807, 2.05) is 19.1 Å². The second-order valence-corrected chi connectivity index (χ2v) is 7.81. The molecule has 9 heteroatoms. The minimum absolute atomic E-state index is 0.259. The number of oxime groups is 1. The van der Waals surface area contributed by atoms with E-state index in [4.69, 9.17) is 17.3 Å². The molecule has 1 aliphatic rings. The van der Waals surface area contributed by atoms with Crippen LogP contribution in [0.4, 0.5) is 0 Å². The molecule has 0 bridgehead atoms. The Balaban J connectivity index is 1.57. The first-order valence-electron chi connectivity index (χ1n) is 9.79. The number of hydrogen-bond donors (Lipinski definition) is 3. The van der Waals surface area contributed by atoms with Gasteiger partial charge in [0, 0.05) is 23.7 Å². The summed E-state index contributed by atoms with van der Waals surface area (Å²) in [5.74, 6) is -0.515. The molecule has 2 amide bonds. The fourth-order valence-corrected chi connectivity index (χ4v) is 3.70. The Morgan fingerprint density at radius 3 is 2.61 bits per heavy atom. The third kappa shape index (κ3) is 5.34. The molecule has 164 valence electrons. The van der Waals surface area contributed by atoms with Crippen LogP contribution >= 0.6 is 11.6 Å². The van der Waals surface area contributed by atoms with Gasteiger partial charge in [-0.05, 0) is 42.2 Å². The molecule has 0 aliphatic carbocycles. The molecular weight excluding hydrogens is 420 g/mol. The molecule has 31 heavy (non-hydrogen) atoms. The number of amides is 2. The smallest absolute Gasteiger partial charge is 0.256 e. The zero-order valence-corrected chi connectivity index (χ0v) is 18.1. The first-order chi connectivity index (χ1) is 14.8. The van der Waals surface area contributed by atoms with Gasteiger partial charge in [-0.3, -0.25) is 9.59 Å². The van der Waals surface area contributed by atoms with Crippen LogP contribution < -0.4 is 11.1 Å². The summed E-state index contributed by atoms with van der Waals surface area (Å²) in [5.41, 5.74) is 8.59. The Kier molecular flexibility index (Phi) is 7.14. The van der Waals surface area contributed by atoms with E-state index in [0.29, 0.717) is 35.7 Å². The number of carbonyl (C=O) groups excluding carboxylic acids is 2. The summed E-state index contributed by atoms with van der Waals surface area (Å²) >= 11 is 6.03. The van der Waals surface area contributed by atoms with Crippen molar-refractivity contribution in [3.8, 4) is 0 Å². The van der Waals surface area contributed by atoms with Crippen LogP contribution in [0.2, 0.25) is 5.02 Å². The topological polar surface area (TPSA) is 117 Å². The molecule has 8 nitrogen and oxygen atoms in total. The van der Waals surface area contributed by atoms with Gasteiger partial charge < -0.3 is 25.9 Å². The van der Waals surface area contributed by atoms with E-state index in [1.165, 1.54) is 12.0 Å². The summed E-state index contributed by atoms with van der Waals surface area (Å²) < 4.78 is 0. The van der Waals surface area contributed by atoms with Crippen molar-refractivity contribution in [2.75, 3.05) is 13.7 Å². The number of nitrogens with zero attached hydrogens (tertiary/aromatic N) is 2. The molecule has 3 rings (SSSR count). The average molecular weight is 445 g/mol. The number of benzene rings is 2. The fraction of sp³-hybridized carbons (Fsp3) is 0.318. The normalized spacial score (nSPS) is 17.0. The Bertz CT molecular complexity index is 973. The molecule has 1 aliphatic heterocycles. The lowest BCUT2D eigenvalue weighted by molar-refractivity contribution is -0.154. The van der Waals surface area contributed by atoms with Crippen LogP contribution in [0.1, 0.15) is 34.8 Å². The summed E-state index contributed by atoms with van der Waals surface area (Å²) in [5, 5.41) is 17.4. The maximum absolute atomic E-state index is 12.7. The highest BCUT2D eigenvalue weighted by atomic mass is 35.5. The highest BCUT2D eigenvalue weighted by Crippen LogP contribution is 2.26. The van der Waals surface area contributed by atoms with Crippen molar-refractivity contribution in [3.05, 3.63) is 69.7 Å². The molecule has 1 saturated heterocycles. The molecule has 0 spiro atoms. The van der Waals surface area contributed by atoms with Gasteiger partial charge in [-0.2, -0.15) is 0 Å². The van der Waals surface area contributed by atoms with Crippen molar-refractivity contribution in [2.24, 2.45) is 10.9 Å². The van der Waals surface area contributed by atoms with Crippen LogP contribution in [-0.2, 0) is 21.0 Å². The number of aryl methyl sites for hydroxylation is 1. The van der Waals surface area contributed by atoms with E-state index in [9.17, 15) is 14.7 Å². The molecular formula is C22H25ClN4O4. The zero-order valence-electron chi connectivity index (χ0n) is 17.3. The van der Waals surface area contributed by atoms with Crippen LogP contribution in [-0.4, -0.2) is 47.4 Å². The highest BCUT2D eigenvalue weighted by Gasteiger charge is 2.40. The van der Waals surface area contributed by atoms with Crippen molar-refractivity contribution in [1.82, 2.24) is 10.2 Å². The number of aliphatic hydroxyl groups is 1. The molecule has 0 radical (unpaired) electrons. The van der Waals surface area contributed by atoms with Gasteiger partial charge >= 0.3 is 0 Å². The van der Waals surface area contributed by atoms with Gasteiger partial charge in [0.15, 0.2) is 11.9 Å². The number of halogens is 1. The maximum atomic E-state index is 12.7. The lowest BCUT2D eigenvalue weighted by Crippen LogP contribution is -2.59. The third-order valence-electron chi connectivity index (χ3n) is 5.13. The molecule has 4 N–H and O–H groups in total. The lowest BCUT2D eigenvalue weighted by Gasteiger charge is -2.40. The van der Waals surface area contributed by atoms with Gasteiger partial charge in [-0.25, -0.2) is 0 Å². The van der Waals surface area contributed by atoms with E-state index in [2.05, 4.69) is 15.3 Å². The van der Waals surface area contributed by atoms with Gasteiger partial charge in [-0.1, -0.05) is 47.1 Å². The van der Waals surface area contributed by atoms with Crippen molar-refractivity contribution < 1.29 is 19.5 Å². The van der Waals surface area contributed by atoms with E-state index in [-0.39, 0.29) is 11.7 Å². The molecule has 2 aromatic carbocycles. The lowest BCUT2D eigenvalue weighted by atomic mass is 9.98. The van der Waals surface area contributed by atoms with E-state index in [1.54, 1.807) is 30.3 Å². The van der Waals surface area contributed by atoms with Crippen LogP contribution in [0.25, 0.3) is 0 Å². The largest absolute Gasteiger partial charge is 0.397 e. The van der Waals surface area contributed by atoms with Crippen LogP contribution in [0, 0.1) is 6.92 Å². The molecule has 2 atom stereocenters. The number of hydrogen-bond acceptors (Lipinski definition) is 5. The minimum atomic E-state index is -1.36. The zero-order chi connectivity index (χ0) is 22.5. The number of aliphatic hydroxyl groups excluding tert-OH is 1. The second-order valence-electron chi connectivity index (χ2n) is 7.37. The van der Waals surface area contributed by atoms with Gasteiger partial charge in [0.1, 0.15) is 13.2 Å². The summed E-state index contributed by atoms with van der Waals surface area (Å²) in [7, 11) is 1.42. The highest BCUT2D eigenvalue weighted by molar-refractivity contribution is 6.30. The Hall–Kier alpha value is -3.10. The minimum Gasteiger partial charge on any atom is -0.397 e. The predicted molar refractivity (Wildman–Crippen MR) is 117 cm³/mol. The third-order valence-corrected chi connectivity index (χ3v) is 5.34. The fourth-order valence-electron chi connectivity index (χ4n) is 3.40. The van der Waals surface area contributed by atoms with E-state index in [0.717, 1.165) is 11.1 Å². The van der Waals surface area contributed by atoms with Crippen molar-refractivity contribution in [1.29, 1.82) is 0 Å². The van der Waals surface area contributed by atoms with Gasteiger partial charge in [0.05, 0.1) is 0 Å². The molecule has 0 saturated carbocycles. The number of rotatable bonds is 7. The SMILES string of the molecule is CO/N=C(/N)c1ccc(CNC(=O)[C@@H]2CCN2C(=O)[C@H](O)c2cc(C)cc(Cl)c2)cc1. The second kappa shape index (κ2) is 9.80. The Labute approximate surface area is 185 Å². The number of carbonyl (C=O) groups is 2. The molecule has 2 aromatic rings. The van der Waals surface area contributed by atoms with E-state index < -0.39 is 18.1 Å². The van der Waals surface area contributed by atoms with E-state index >= 15 is 0 Å². The maximum Gasteiger partial charge on any atom is 0.256 e. The van der Waals surface area contributed by atoms with Gasteiger partial charge in [0.25, 0.3) is 5.91 Å². The summed E-state index contributed by atoms with van der Waals surface area (Å²) in [6.45, 7) is 2.55. The molecule has 0 unspecified atom stereocenters. The summed E-state index contributed by atoms with van der Waals surface area (Å²) in [4.78, 5) is 31.3. The summed E-state index contributed by atoms with van der Waals surface area (Å²) in [6.07, 6.45) is -0.818. The summed E-state index contributed by atoms with van der Waals surface area (Å²) in [6, 6.07) is 11.6. The van der Waals surface area contributed by atoms with Crippen LogP contribution in [0.15, 0.2) is 47.6 Å². The average Bonchev–Trinajstić information content (AvgIpc) is 2.70. The first-order valence-corrected chi connectivity index (χ1v) is 10.2. The number of likely N-dealkylation sites (tertiary alicyclic amines) is 1. The monoisotopic (exact) mass is 444 g/mol. The van der Waals surface area contributed by atoms with Gasteiger partial charge in [-0.15, -0.1) is 0 Å².